The molecule has 2 heterocycles. The number of nitrogens with one attached hydrogen (secondary N) is 2. The number of aryl methyl sites for hydroxylation is 1. The van der Waals surface area contributed by atoms with Gasteiger partial charge in [0.1, 0.15) is 5.82 Å². The summed E-state index contributed by atoms with van der Waals surface area (Å²) in [6.45, 7) is 3.77. The van der Waals surface area contributed by atoms with E-state index in [-0.39, 0.29) is 46.6 Å². The van der Waals surface area contributed by atoms with E-state index in [0.29, 0.717) is 24.2 Å². The van der Waals surface area contributed by atoms with Crippen LogP contribution in [0.4, 0.5) is 18.9 Å². The van der Waals surface area contributed by atoms with E-state index in [9.17, 15) is 27.6 Å². The number of nitrogens with zero attached hydrogens (tertiary/aromatic N) is 2. The van der Waals surface area contributed by atoms with Gasteiger partial charge in [-0.1, -0.05) is 0 Å². The molecule has 190 valence electrons. The van der Waals surface area contributed by atoms with E-state index in [1.165, 1.54) is 20.1 Å². The fourth-order valence-corrected chi connectivity index (χ4v) is 4.45. The number of fused-ring (bicyclic) bond motifs is 1. The van der Waals surface area contributed by atoms with Crippen LogP contribution in [0.3, 0.4) is 0 Å². The van der Waals surface area contributed by atoms with Gasteiger partial charge >= 0.3 is 12.1 Å². The van der Waals surface area contributed by atoms with Gasteiger partial charge in [0.25, 0.3) is 11.5 Å². The minimum absolute atomic E-state index is 0.0289. The minimum atomic E-state index is -4.65. The fourth-order valence-electron chi connectivity index (χ4n) is 4.45. The molecule has 4 rings (SSSR count). The lowest BCUT2D eigenvalue weighted by Crippen LogP contribution is -2.30. The van der Waals surface area contributed by atoms with Crippen molar-refractivity contribution in [1.82, 2.24) is 14.9 Å². The highest BCUT2D eigenvalue weighted by molar-refractivity contribution is 5.95. The molecule has 2 N–H and O–H groups in total. The van der Waals surface area contributed by atoms with E-state index in [1.807, 2.05) is 0 Å². The zero-order chi connectivity index (χ0) is 26.2. The summed E-state index contributed by atoms with van der Waals surface area (Å²) in [5.74, 6) is -0.712. The molecular weight excluding hydrogens is 477 g/mol. The maximum Gasteiger partial charge on any atom is 0.416 e. The number of amides is 1. The Kier molecular flexibility index (Phi) is 6.75. The van der Waals surface area contributed by atoms with Crippen molar-refractivity contribution in [2.24, 2.45) is 5.92 Å². The molecule has 11 heteroatoms. The standard InChI is InChI=1S/C25H25F3N4O4/c1-13(18-10-19-21(11-20(18)25(26,27)28)30-14(2)31-22(19)33)29-17-6-4-15(5-7-17)23(34)32-9-8-16(12-32)24(35)36-3/h4-7,10-11,13,16,29H,8-9,12H2,1-3H3,(H,30,31,33)/t13-,16-/m0/s1. The Bertz CT molecular complexity index is 1370. The van der Waals surface area contributed by atoms with Gasteiger partial charge in [0.15, 0.2) is 0 Å². The number of methoxy groups -OCH3 is 1. The minimum Gasteiger partial charge on any atom is -0.469 e. The largest absolute Gasteiger partial charge is 0.469 e. The number of anilines is 1. The van der Waals surface area contributed by atoms with Crippen LogP contribution in [0.15, 0.2) is 41.2 Å². The number of benzene rings is 2. The molecule has 0 radical (unpaired) electrons. The quantitative estimate of drug-likeness (QED) is 0.510. The first-order valence-electron chi connectivity index (χ1n) is 11.3. The number of ether oxygens (including phenoxy) is 1. The molecule has 8 nitrogen and oxygen atoms in total. The summed E-state index contributed by atoms with van der Waals surface area (Å²) >= 11 is 0. The number of H-pyrrole nitrogens is 1. The van der Waals surface area contributed by atoms with Gasteiger partial charge < -0.3 is 19.9 Å². The fraction of sp³-hybridized carbons (Fsp3) is 0.360. The number of aromatic amines is 1. The lowest BCUT2D eigenvalue weighted by molar-refractivity contribution is -0.144. The zero-order valence-electron chi connectivity index (χ0n) is 19.9. The van der Waals surface area contributed by atoms with E-state index < -0.39 is 23.3 Å². The summed E-state index contributed by atoms with van der Waals surface area (Å²) < 4.78 is 46.3. The van der Waals surface area contributed by atoms with Crippen molar-refractivity contribution < 1.29 is 27.5 Å². The molecule has 1 saturated heterocycles. The number of esters is 1. The van der Waals surface area contributed by atoms with Crippen molar-refractivity contribution in [3.63, 3.8) is 0 Å². The Hall–Kier alpha value is -3.89. The van der Waals surface area contributed by atoms with Crippen LogP contribution in [0.2, 0.25) is 0 Å². The first kappa shape index (κ1) is 25.2. The third kappa shape index (κ3) is 5.05. The summed E-state index contributed by atoms with van der Waals surface area (Å²) in [6.07, 6.45) is -4.12. The molecule has 0 saturated carbocycles. The predicted molar refractivity (Wildman–Crippen MR) is 127 cm³/mol. The van der Waals surface area contributed by atoms with Crippen LogP contribution in [0.1, 0.15) is 46.7 Å². The van der Waals surface area contributed by atoms with Gasteiger partial charge in [0, 0.05) is 30.4 Å². The topological polar surface area (TPSA) is 104 Å². The van der Waals surface area contributed by atoms with Crippen LogP contribution in [-0.4, -0.2) is 46.9 Å². The summed E-state index contributed by atoms with van der Waals surface area (Å²) in [6, 6.07) is 7.64. The molecule has 1 aromatic heterocycles. The molecule has 1 aliphatic rings. The lowest BCUT2D eigenvalue weighted by Gasteiger charge is -2.21. The smallest absolute Gasteiger partial charge is 0.416 e. The van der Waals surface area contributed by atoms with Crippen molar-refractivity contribution in [3.8, 4) is 0 Å². The summed E-state index contributed by atoms with van der Waals surface area (Å²) in [5.41, 5.74) is -0.631. The van der Waals surface area contributed by atoms with Gasteiger partial charge in [0.05, 0.1) is 29.5 Å². The van der Waals surface area contributed by atoms with Crippen molar-refractivity contribution >= 4 is 28.5 Å². The molecule has 0 spiro atoms. The highest BCUT2D eigenvalue weighted by Crippen LogP contribution is 2.37. The third-order valence-electron chi connectivity index (χ3n) is 6.29. The number of likely N-dealkylation sites (tertiary alicyclic amines) is 1. The number of hydrogen-bond donors (Lipinski definition) is 2. The van der Waals surface area contributed by atoms with Crippen LogP contribution in [0.25, 0.3) is 10.9 Å². The number of carbonyl (C=O) groups excluding carboxylic acids is 2. The molecule has 0 unspecified atom stereocenters. The van der Waals surface area contributed by atoms with E-state index in [2.05, 4.69) is 15.3 Å². The van der Waals surface area contributed by atoms with Crippen LogP contribution in [-0.2, 0) is 15.7 Å². The number of alkyl halides is 3. The van der Waals surface area contributed by atoms with Crippen LogP contribution >= 0.6 is 0 Å². The molecule has 0 bridgehead atoms. The van der Waals surface area contributed by atoms with Crippen molar-refractivity contribution in [2.45, 2.75) is 32.5 Å². The Morgan fingerprint density at radius 2 is 1.92 bits per heavy atom. The van der Waals surface area contributed by atoms with Crippen molar-refractivity contribution in [3.05, 3.63) is 69.3 Å². The van der Waals surface area contributed by atoms with Gasteiger partial charge in [-0.2, -0.15) is 13.2 Å². The second-order valence-corrected chi connectivity index (χ2v) is 8.81. The normalized spacial score (nSPS) is 16.7. The van der Waals surface area contributed by atoms with Crippen LogP contribution in [0, 0.1) is 12.8 Å². The second-order valence-electron chi connectivity index (χ2n) is 8.81. The van der Waals surface area contributed by atoms with Crippen molar-refractivity contribution in [2.75, 3.05) is 25.5 Å². The molecular formula is C25H25F3N4O4. The highest BCUT2D eigenvalue weighted by Gasteiger charge is 2.36. The van der Waals surface area contributed by atoms with E-state index in [4.69, 9.17) is 4.74 Å². The number of carbonyl (C=O) groups is 2. The van der Waals surface area contributed by atoms with E-state index in [0.717, 1.165) is 6.07 Å². The van der Waals surface area contributed by atoms with Crippen LogP contribution < -0.4 is 10.9 Å². The average Bonchev–Trinajstić information content (AvgIpc) is 3.32. The summed E-state index contributed by atoms with van der Waals surface area (Å²) in [7, 11) is 1.31. The lowest BCUT2D eigenvalue weighted by atomic mass is 9.98. The Morgan fingerprint density at radius 3 is 2.56 bits per heavy atom. The number of aromatic nitrogens is 2. The van der Waals surface area contributed by atoms with E-state index in [1.54, 1.807) is 36.1 Å². The molecule has 3 aromatic rings. The Morgan fingerprint density at radius 1 is 1.22 bits per heavy atom. The number of rotatable bonds is 5. The first-order chi connectivity index (χ1) is 17.0. The van der Waals surface area contributed by atoms with E-state index >= 15 is 0 Å². The van der Waals surface area contributed by atoms with Gasteiger partial charge in [-0.25, -0.2) is 4.98 Å². The Balaban J connectivity index is 1.55. The van der Waals surface area contributed by atoms with Gasteiger partial charge in [-0.3, -0.25) is 14.4 Å². The molecule has 2 atom stereocenters. The monoisotopic (exact) mass is 502 g/mol. The molecule has 2 aromatic carbocycles. The molecule has 1 amide bonds. The van der Waals surface area contributed by atoms with Gasteiger partial charge in [-0.05, 0) is 62.2 Å². The molecule has 1 aliphatic heterocycles. The summed E-state index contributed by atoms with van der Waals surface area (Å²) in [5, 5.41) is 3.08. The zero-order valence-corrected chi connectivity index (χ0v) is 19.9. The number of hydrogen-bond acceptors (Lipinski definition) is 6. The maximum atomic E-state index is 13.9. The maximum absolute atomic E-state index is 13.9. The first-order valence-corrected chi connectivity index (χ1v) is 11.3. The Labute approximate surface area is 204 Å². The molecule has 36 heavy (non-hydrogen) atoms. The van der Waals surface area contributed by atoms with Gasteiger partial charge in [-0.15, -0.1) is 0 Å². The predicted octanol–water partition coefficient (Wildman–Crippen LogP) is 4.06. The SMILES string of the molecule is COC(=O)[C@H]1CCN(C(=O)c2ccc(N[C@@H](C)c3cc4c(=O)[nH]c(C)nc4cc3C(F)(F)F)cc2)C1. The molecule has 1 fully saturated rings. The van der Waals surface area contributed by atoms with Crippen LogP contribution in [0.5, 0.6) is 0 Å². The average molecular weight is 502 g/mol. The third-order valence-corrected chi connectivity index (χ3v) is 6.29. The second kappa shape index (κ2) is 9.63. The number of halogens is 3. The molecule has 0 aliphatic carbocycles. The van der Waals surface area contributed by atoms with Crippen molar-refractivity contribution in [1.29, 1.82) is 0 Å². The summed E-state index contributed by atoms with van der Waals surface area (Å²) in [4.78, 5) is 44.9. The van der Waals surface area contributed by atoms with Gasteiger partial charge in [0.2, 0.25) is 0 Å². The highest BCUT2D eigenvalue weighted by atomic mass is 19.4.